The minimum atomic E-state index is -4.22. The molecule has 0 radical (unpaired) electrons. The molecule has 0 nitrogen and oxygen atoms in total. The van der Waals surface area contributed by atoms with Gasteiger partial charge in [0, 0.05) is 0 Å². The van der Waals surface area contributed by atoms with Crippen molar-refractivity contribution in [3.8, 4) is 0 Å². The molecule has 0 heterocycles. The summed E-state index contributed by atoms with van der Waals surface area (Å²) in [6, 6.07) is 5.22. The number of benzene rings is 1. The lowest BCUT2D eigenvalue weighted by atomic mass is 10.1. The molecule has 18 heavy (non-hydrogen) atoms. The van der Waals surface area contributed by atoms with Crippen LogP contribution in [0.3, 0.4) is 0 Å². The number of aryl methyl sites for hydroxylation is 1. The van der Waals surface area contributed by atoms with Gasteiger partial charge in [0.2, 0.25) is 0 Å². The van der Waals surface area contributed by atoms with Crippen LogP contribution in [0.15, 0.2) is 24.3 Å². The third-order valence-electron chi connectivity index (χ3n) is 2.55. The zero-order valence-corrected chi connectivity index (χ0v) is 11.5. The Kier molecular flexibility index (Phi) is 8.51. The Morgan fingerprint density at radius 2 is 1.50 bits per heavy atom. The predicted molar refractivity (Wildman–Crippen MR) is 70.6 cm³/mol. The quantitative estimate of drug-likeness (QED) is 0.583. The van der Waals surface area contributed by atoms with E-state index in [1.807, 2.05) is 0 Å². The Bertz CT molecular complexity index is 312. The van der Waals surface area contributed by atoms with Gasteiger partial charge in [-0.2, -0.15) is 13.2 Å². The fourth-order valence-corrected chi connectivity index (χ4v) is 1.50. The number of hydrogen-bond donors (Lipinski definition) is 0. The molecule has 0 unspecified atom stereocenters. The molecule has 0 aromatic heterocycles. The van der Waals surface area contributed by atoms with Crippen molar-refractivity contribution in [2.45, 2.75) is 59.1 Å². The number of unbranched alkanes of at least 4 members (excludes halogenated alkanes) is 4. The molecule has 0 spiro atoms. The van der Waals surface area contributed by atoms with Crippen LogP contribution in [-0.4, -0.2) is 0 Å². The summed E-state index contributed by atoms with van der Waals surface area (Å²) >= 11 is 0. The molecule has 0 aliphatic rings. The van der Waals surface area contributed by atoms with Crippen molar-refractivity contribution in [1.82, 2.24) is 0 Å². The standard InChI is InChI=1S/C8H7F3.C7H16/c1-6-3-2-4-7(5-6)8(9,10)11;1-3-5-7-6-4-2/h2-5H,1H3;3-7H2,1-2H3. The molecule has 0 saturated heterocycles. The lowest BCUT2D eigenvalue weighted by molar-refractivity contribution is -0.137. The predicted octanol–water partition coefficient (Wildman–Crippen LogP) is 5.99. The maximum atomic E-state index is 12.0. The SMILES string of the molecule is CCCCCCC.Cc1cccc(C(F)(F)F)c1. The molecule has 0 saturated carbocycles. The highest BCUT2D eigenvalue weighted by molar-refractivity contribution is 5.24. The maximum Gasteiger partial charge on any atom is 0.416 e. The first-order valence-electron chi connectivity index (χ1n) is 6.55. The van der Waals surface area contributed by atoms with Crippen molar-refractivity contribution in [1.29, 1.82) is 0 Å². The van der Waals surface area contributed by atoms with E-state index in [4.69, 9.17) is 0 Å². The molecule has 0 atom stereocenters. The Morgan fingerprint density at radius 1 is 0.944 bits per heavy atom. The number of alkyl halides is 3. The molecule has 104 valence electrons. The molecular formula is C15H23F3. The van der Waals surface area contributed by atoms with Gasteiger partial charge in [-0.15, -0.1) is 0 Å². The maximum absolute atomic E-state index is 12.0. The first-order chi connectivity index (χ1) is 8.41. The Labute approximate surface area is 108 Å². The van der Waals surface area contributed by atoms with Crippen LogP contribution in [0, 0.1) is 6.92 Å². The highest BCUT2D eigenvalue weighted by Crippen LogP contribution is 2.29. The van der Waals surface area contributed by atoms with Crippen LogP contribution in [0.1, 0.15) is 57.1 Å². The average Bonchev–Trinajstić information content (AvgIpc) is 2.29. The van der Waals surface area contributed by atoms with E-state index in [-0.39, 0.29) is 0 Å². The Balaban J connectivity index is 0.000000360. The lowest BCUT2D eigenvalue weighted by Crippen LogP contribution is -2.04. The van der Waals surface area contributed by atoms with Gasteiger partial charge in [-0.05, 0) is 13.0 Å². The second-order valence-electron chi connectivity index (χ2n) is 4.43. The van der Waals surface area contributed by atoms with E-state index in [1.54, 1.807) is 13.0 Å². The van der Waals surface area contributed by atoms with Gasteiger partial charge in [-0.25, -0.2) is 0 Å². The zero-order valence-electron chi connectivity index (χ0n) is 11.5. The molecule has 0 amide bonds. The van der Waals surface area contributed by atoms with Gasteiger partial charge < -0.3 is 0 Å². The van der Waals surface area contributed by atoms with Crippen molar-refractivity contribution in [2.75, 3.05) is 0 Å². The van der Waals surface area contributed by atoms with Gasteiger partial charge in [-0.1, -0.05) is 69.7 Å². The molecule has 3 heteroatoms. The molecule has 0 N–H and O–H groups in total. The second-order valence-corrected chi connectivity index (χ2v) is 4.43. The highest BCUT2D eigenvalue weighted by Gasteiger charge is 2.29. The summed E-state index contributed by atoms with van der Waals surface area (Å²) in [5, 5.41) is 0. The van der Waals surface area contributed by atoms with E-state index in [0.29, 0.717) is 5.56 Å². The van der Waals surface area contributed by atoms with E-state index >= 15 is 0 Å². The summed E-state index contributed by atoms with van der Waals surface area (Å²) in [6.07, 6.45) is 2.79. The van der Waals surface area contributed by atoms with Crippen molar-refractivity contribution in [3.63, 3.8) is 0 Å². The zero-order chi connectivity index (χ0) is 14.0. The molecule has 0 fully saturated rings. The average molecular weight is 260 g/mol. The van der Waals surface area contributed by atoms with Gasteiger partial charge in [-0.3, -0.25) is 0 Å². The van der Waals surface area contributed by atoms with Crippen molar-refractivity contribution in [2.24, 2.45) is 0 Å². The van der Waals surface area contributed by atoms with Crippen LogP contribution >= 0.6 is 0 Å². The molecule has 0 aliphatic carbocycles. The van der Waals surface area contributed by atoms with Crippen molar-refractivity contribution < 1.29 is 13.2 Å². The summed E-state index contributed by atoms with van der Waals surface area (Å²) in [4.78, 5) is 0. The van der Waals surface area contributed by atoms with Crippen LogP contribution in [0.25, 0.3) is 0 Å². The molecule has 1 aromatic rings. The fourth-order valence-electron chi connectivity index (χ4n) is 1.50. The van der Waals surface area contributed by atoms with Crippen molar-refractivity contribution in [3.05, 3.63) is 35.4 Å². The first-order valence-corrected chi connectivity index (χ1v) is 6.55. The second kappa shape index (κ2) is 9.01. The summed E-state index contributed by atoms with van der Waals surface area (Å²) < 4.78 is 35.9. The molecule has 1 aromatic carbocycles. The van der Waals surface area contributed by atoms with E-state index in [1.165, 1.54) is 38.2 Å². The summed E-state index contributed by atoms with van der Waals surface area (Å²) in [5.74, 6) is 0. The fraction of sp³-hybridized carbons (Fsp3) is 0.600. The highest BCUT2D eigenvalue weighted by atomic mass is 19.4. The van der Waals surface area contributed by atoms with Gasteiger partial charge >= 0.3 is 6.18 Å². The lowest BCUT2D eigenvalue weighted by Gasteiger charge is -2.05. The van der Waals surface area contributed by atoms with Gasteiger partial charge in [0.25, 0.3) is 0 Å². The molecular weight excluding hydrogens is 237 g/mol. The number of hydrogen-bond acceptors (Lipinski definition) is 0. The van der Waals surface area contributed by atoms with Crippen LogP contribution < -0.4 is 0 Å². The van der Waals surface area contributed by atoms with Crippen molar-refractivity contribution >= 4 is 0 Å². The molecule has 0 bridgehead atoms. The van der Waals surface area contributed by atoms with E-state index in [9.17, 15) is 13.2 Å². The van der Waals surface area contributed by atoms with Crippen LogP contribution in [0.2, 0.25) is 0 Å². The van der Waals surface area contributed by atoms with Crippen LogP contribution in [0.5, 0.6) is 0 Å². The summed E-state index contributed by atoms with van der Waals surface area (Å²) in [6.45, 7) is 6.13. The Morgan fingerprint density at radius 3 is 1.83 bits per heavy atom. The summed E-state index contributed by atoms with van der Waals surface area (Å²) in [5.41, 5.74) is 0.0392. The first kappa shape index (κ1) is 17.0. The minimum absolute atomic E-state index is 0.586. The molecule has 1 rings (SSSR count). The van der Waals surface area contributed by atoms with E-state index < -0.39 is 11.7 Å². The number of rotatable bonds is 4. The van der Waals surface area contributed by atoms with E-state index in [0.717, 1.165) is 12.1 Å². The molecule has 0 aliphatic heterocycles. The van der Waals surface area contributed by atoms with Gasteiger partial charge in [0.15, 0.2) is 0 Å². The van der Waals surface area contributed by atoms with Crippen LogP contribution in [0.4, 0.5) is 13.2 Å². The third kappa shape index (κ3) is 8.15. The largest absolute Gasteiger partial charge is 0.416 e. The monoisotopic (exact) mass is 260 g/mol. The van der Waals surface area contributed by atoms with E-state index in [2.05, 4.69) is 13.8 Å². The Hall–Kier alpha value is -0.990. The number of halogens is 3. The smallest absolute Gasteiger partial charge is 0.166 e. The third-order valence-corrected chi connectivity index (χ3v) is 2.55. The van der Waals surface area contributed by atoms with Crippen LogP contribution in [-0.2, 0) is 6.18 Å². The minimum Gasteiger partial charge on any atom is -0.166 e. The topological polar surface area (TPSA) is 0 Å². The van der Waals surface area contributed by atoms with Gasteiger partial charge in [0.1, 0.15) is 0 Å². The normalized spacial score (nSPS) is 10.8. The summed E-state index contributed by atoms with van der Waals surface area (Å²) in [7, 11) is 0. The van der Waals surface area contributed by atoms with Gasteiger partial charge in [0.05, 0.1) is 5.56 Å².